The van der Waals surface area contributed by atoms with Crippen LogP contribution in [0.1, 0.15) is 46.1 Å². The summed E-state index contributed by atoms with van der Waals surface area (Å²) in [5, 5.41) is 5.29. The number of benzene rings is 1. The minimum atomic E-state index is -0.0273. The highest BCUT2D eigenvalue weighted by molar-refractivity contribution is 7.10. The number of nitrogens with zero attached hydrogens (tertiary/aromatic N) is 2. The van der Waals surface area contributed by atoms with Gasteiger partial charge in [-0.15, -0.1) is 11.3 Å². The maximum Gasteiger partial charge on any atom is 0.251 e. The predicted molar refractivity (Wildman–Crippen MR) is 113 cm³/mol. The lowest BCUT2D eigenvalue weighted by molar-refractivity contribution is -0.118. The number of fused-ring (bicyclic) bond motifs is 1. The SMILES string of the molecule is CN1C(=O)CCc2cc(C(=O)NC[C@@H]3CCCN(C)[C@H]3c3cccs3)ccc21. The van der Waals surface area contributed by atoms with Gasteiger partial charge in [0.25, 0.3) is 5.91 Å². The molecular weight excluding hydrogens is 370 g/mol. The normalized spacial score (nSPS) is 22.8. The zero-order valence-corrected chi connectivity index (χ0v) is 17.3. The molecule has 0 spiro atoms. The number of carbonyl (C=O) groups is 2. The number of carbonyl (C=O) groups excluding carboxylic acids is 2. The minimum absolute atomic E-state index is 0.0273. The lowest BCUT2D eigenvalue weighted by Crippen LogP contribution is -2.41. The predicted octanol–water partition coefficient (Wildman–Crippen LogP) is 3.47. The first kappa shape index (κ1) is 19.2. The summed E-state index contributed by atoms with van der Waals surface area (Å²) >= 11 is 1.80. The van der Waals surface area contributed by atoms with Gasteiger partial charge in [0.1, 0.15) is 0 Å². The Labute approximate surface area is 170 Å². The fourth-order valence-electron chi connectivity index (χ4n) is 4.51. The largest absolute Gasteiger partial charge is 0.352 e. The molecule has 28 heavy (non-hydrogen) atoms. The minimum Gasteiger partial charge on any atom is -0.352 e. The zero-order valence-electron chi connectivity index (χ0n) is 16.5. The summed E-state index contributed by atoms with van der Waals surface area (Å²) in [6, 6.07) is 10.3. The van der Waals surface area contributed by atoms with E-state index in [4.69, 9.17) is 0 Å². The van der Waals surface area contributed by atoms with Crippen LogP contribution in [0.25, 0.3) is 0 Å². The van der Waals surface area contributed by atoms with Gasteiger partial charge in [-0.05, 0) is 74.0 Å². The van der Waals surface area contributed by atoms with Crippen molar-refractivity contribution in [3.8, 4) is 0 Å². The van der Waals surface area contributed by atoms with Crippen molar-refractivity contribution in [1.29, 1.82) is 0 Å². The molecule has 1 N–H and O–H groups in total. The van der Waals surface area contributed by atoms with Crippen molar-refractivity contribution >= 4 is 28.8 Å². The molecule has 4 rings (SSSR count). The van der Waals surface area contributed by atoms with Crippen LogP contribution < -0.4 is 10.2 Å². The second kappa shape index (κ2) is 8.05. The van der Waals surface area contributed by atoms with Crippen molar-refractivity contribution < 1.29 is 9.59 Å². The first-order valence-electron chi connectivity index (χ1n) is 9.96. The molecular formula is C22H27N3O2S. The molecule has 5 nitrogen and oxygen atoms in total. The van der Waals surface area contributed by atoms with Gasteiger partial charge in [-0.2, -0.15) is 0 Å². The second-order valence-corrected chi connectivity index (χ2v) is 8.83. The molecule has 6 heteroatoms. The van der Waals surface area contributed by atoms with E-state index in [1.165, 1.54) is 4.88 Å². The molecule has 0 aliphatic carbocycles. The summed E-state index contributed by atoms with van der Waals surface area (Å²) in [5.74, 6) is 0.522. The van der Waals surface area contributed by atoms with Gasteiger partial charge in [0, 0.05) is 42.2 Å². The number of likely N-dealkylation sites (tertiary alicyclic amines) is 1. The van der Waals surface area contributed by atoms with Crippen molar-refractivity contribution in [3.63, 3.8) is 0 Å². The van der Waals surface area contributed by atoms with Crippen LogP contribution in [0, 0.1) is 5.92 Å². The number of rotatable bonds is 4. The van der Waals surface area contributed by atoms with Gasteiger partial charge in [-0.25, -0.2) is 0 Å². The first-order chi connectivity index (χ1) is 13.5. The fraction of sp³-hybridized carbons (Fsp3) is 0.455. The van der Waals surface area contributed by atoms with Crippen LogP contribution in [0.5, 0.6) is 0 Å². The molecule has 0 bridgehead atoms. The molecule has 2 amide bonds. The Hall–Kier alpha value is -2.18. The standard InChI is InChI=1S/C22H27N3O2S/c1-24-11-3-5-17(21(24)19-6-4-12-28-19)14-23-22(27)16-7-9-18-15(13-16)8-10-20(26)25(18)2/h4,6-7,9,12-13,17,21H,3,5,8,10-11,14H2,1-2H3,(H,23,27)/t17-,21+/m0/s1. The van der Waals surface area contributed by atoms with Crippen molar-refractivity contribution in [2.45, 2.75) is 31.7 Å². The average molecular weight is 398 g/mol. The van der Waals surface area contributed by atoms with Crippen LogP contribution >= 0.6 is 11.3 Å². The van der Waals surface area contributed by atoms with E-state index in [-0.39, 0.29) is 11.8 Å². The number of thiophene rings is 1. The van der Waals surface area contributed by atoms with E-state index in [2.05, 4.69) is 34.8 Å². The third-order valence-electron chi connectivity index (χ3n) is 6.05. The number of hydrogen-bond donors (Lipinski definition) is 1. The molecule has 2 aliphatic heterocycles. The van der Waals surface area contributed by atoms with Crippen LogP contribution in [-0.4, -0.2) is 43.9 Å². The summed E-state index contributed by atoms with van der Waals surface area (Å²) in [7, 11) is 3.98. The molecule has 2 aromatic rings. The Balaban J connectivity index is 1.44. The maximum absolute atomic E-state index is 12.8. The fourth-order valence-corrected chi connectivity index (χ4v) is 5.49. The monoisotopic (exact) mass is 397 g/mol. The molecule has 1 saturated heterocycles. The molecule has 2 aliphatic rings. The summed E-state index contributed by atoms with van der Waals surface area (Å²) in [6.45, 7) is 1.78. The number of nitrogens with one attached hydrogen (secondary N) is 1. The Morgan fingerprint density at radius 1 is 1.25 bits per heavy atom. The number of anilines is 1. The summed E-state index contributed by atoms with van der Waals surface area (Å²) in [4.78, 5) is 30.1. The highest BCUT2D eigenvalue weighted by atomic mass is 32.1. The Morgan fingerprint density at radius 3 is 2.89 bits per heavy atom. The lowest BCUT2D eigenvalue weighted by Gasteiger charge is -2.38. The van der Waals surface area contributed by atoms with Gasteiger partial charge >= 0.3 is 0 Å². The number of amides is 2. The summed E-state index contributed by atoms with van der Waals surface area (Å²) < 4.78 is 0. The molecule has 2 atom stereocenters. The molecule has 1 aromatic carbocycles. The van der Waals surface area contributed by atoms with Crippen LogP contribution in [0.4, 0.5) is 5.69 Å². The highest BCUT2D eigenvalue weighted by Gasteiger charge is 2.31. The highest BCUT2D eigenvalue weighted by Crippen LogP contribution is 2.37. The Morgan fingerprint density at radius 2 is 2.11 bits per heavy atom. The molecule has 0 saturated carbocycles. The van der Waals surface area contributed by atoms with Crippen LogP contribution in [0.2, 0.25) is 0 Å². The third kappa shape index (κ3) is 3.71. The van der Waals surface area contributed by atoms with Crippen molar-refractivity contribution in [2.75, 3.05) is 32.1 Å². The summed E-state index contributed by atoms with van der Waals surface area (Å²) in [5.41, 5.74) is 2.67. The molecule has 148 valence electrons. The van der Waals surface area contributed by atoms with Gasteiger partial charge in [0.15, 0.2) is 0 Å². The van der Waals surface area contributed by atoms with E-state index < -0.39 is 0 Å². The Kier molecular flexibility index (Phi) is 5.51. The maximum atomic E-state index is 12.8. The molecule has 1 fully saturated rings. The lowest BCUT2D eigenvalue weighted by atomic mass is 9.88. The van der Waals surface area contributed by atoms with Gasteiger partial charge in [-0.3, -0.25) is 14.5 Å². The first-order valence-corrected chi connectivity index (χ1v) is 10.8. The van der Waals surface area contributed by atoms with E-state index in [1.807, 2.05) is 18.2 Å². The molecule has 1 aromatic heterocycles. The van der Waals surface area contributed by atoms with Gasteiger partial charge in [-0.1, -0.05) is 6.07 Å². The van der Waals surface area contributed by atoms with Crippen molar-refractivity contribution in [3.05, 3.63) is 51.7 Å². The smallest absolute Gasteiger partial charge is 0.251 e. The second-order valence-electron chi connectivity index (χ2n) is 7.85. The zero-order chi connectivity index (χ0) is 19.7. The van der Waals surface area contributed by atoms with E-state index in [9.17, 15) is 9.59 Å². The van der Waals surface area contributed by atoms with E-state index in [1.54, 1.807) is 23.3 Å². The molecule has 0 unspecified atom stereocenters. The van der Waals surface area contributed by atoms with Gasteiger partial charge < -0.3 is 10.2 Å². The van der Waals surface area contributed by atoms with Crippen LogP contribution in [0.3, 0.4) is 0 Å². The van der Waals surface area contributed by atoms with E-state index in [0.717, 1.165) is 30.6 Å². The van der Waals surface area contributed by atoms with Crippen molar-refractivity contribution in [1.82, 2.24) is 10.2 Å². The molecule has 3 heterocycles. The van der Waals surface area contributed by atoms with E-state index in [0.29, 0.717) is 36.9 Å². The van der Waals surface area contributed by atoms with Crippen molar-refractivity contribution in [2.24, 2.45) is 5.92 Å². The number of piperidine rings is 1. The Bertz CT molecular complexity index is 865. The average Bonchev–Trinajstić information content (AvgIpc) is 3.23. The third-order valence-corrected chi connectivity index (χ3v) is 6.99. The van der Waals surface area contributed by atoms with Gasteiger partial charge in [0.2, 0.25) is 5.91 Å². The quantitative estimate of drug-likeness (QED) is 0.860. The topological polar surface area (TPSA) is 52.7 Å². The number of aryl methyl sites for hydroxylation is 1. The van der Waals surface area contributed by atoms with Crippen LogP contribution in [0.15, 0.2) is 35.7 Å². The van der Waals surface area contributed by atoms with Crippen LogP contribution in [-0.2, 0) is 11.2 Å². The summed E-state index contributed by atoms with van der Waals surface area (Å²) in [6.07, 6.45) is 3.50. The molecule has 0 radical (unpaired) electrons. The van der Waals surface area contributed by atoms with E-state index >= 15 is 0 Å². The number of hydrogen-bond acceptors (Lipinski definition) is 4. The van der Waals surface area contributed by atoms with Gasteiger partial charge in [0.05, 0.1) is 0 Å².